The van der Waals surface area contributed by atoms with Gasteiger partial charge in [0.15, 0.2) is 0 Å². The molecule has 1 heterocycles. The van der Waals surface area contributed by atoms with E-state index in [-0.39, 0.29) is 23.1 Å². The minimum absolute atomic E-state index is 0.00299. The van der Waals surface area contributed by atoms with Crippen LogP contribution in [0.15, 0.2) is 0 Å². The average molecular weight is 248 g/mol. The molecule has 0 atom stereocenters. The van der Waals surface area contributed by atoms with E-state index in [1.165, 1.54) is 7.11 Å². The van der Waals surface area contributed by atoms with Crippen molar-refractivity contribution in [3.63, 3.8) is 0 Å². The van der Waals surface area contributed by atoms with E-state index in [4.69, 9.17) is 4.74 Å². The molecular weight excluding hydrogens is 232 g/mol. The lowest BCUT2D eigenvalue weighted by atomic mass is 10.0. The summed E-state index contributed by atoms with van der Waals surface area (Å²) in [6.07, 6.45) is 0. The van der Waals surface area contributed by atoms with Crippen molar-refractivity contribution < 1.29 is 13.2 Å². The second-order valence-electron chi connectivity index (χ2n) is 4.59. The van der Waals surface area contributed by atoms with E-state index in [1.54, 1.807) is 0 Å². The van der Waals surface area contributed by atoms with Gasteiger partial charge in [0.1, 0.15) is 0 Å². The highest BCUT2D eigenvalue weighted by molar-refractivity contribution is 7.92. The van der Waals surface area contributed by atoms with Crippen LogP contribution in [0.25, 0.3) is 0 Å². The molecule has 0 saturated carbocycles. The van der Waals surface area contributed by atoms with Crippen LogP contribution in [0.3, 0.4) is 0 Å². The third-order valence-electron chi connectivity index (χ3n) is 1.52. The number of anilines is 1. The van der Waals surface area contributed by atoms with Crippen LogP contribution in [0, 0.1) is 5.41 Å². The maximum atomic E-state index is 11.7. The fraction of sp³-hybridized carbons (Fsp3) is 0.750. The molecular formula is C8H16N4O3S. The van der Waals surface area contributed by atoms with E-state index in [0.29, 0.717) is 0 Å². The fourth-order valence-corrected chi connectivity index (χ4v) is 2.73. The second kappa shape index (κ2) is 4.28. The molecule has 0 spiro atoms. The molecule has 1 aromatic rings. The van der Waals surface area contributed by atoms with Crippen molar-refractivity contribution in [3.05, 3.63) is 0 Å². The first-order chi connectivity index (χ1) is 7.22. The van der Waals surface area contributed by atoms with Crippen LogP contribution in [0.2, 0.25) is 0 Å². The molecule has 8 heteroatoms. The standard InChI is InChI=1S/C8H16N4O3S/c1-8(2,3)5-16(13,14)12-6-9-7(15-4)11-10-6/h5H2,1-4H3,(H2,9,10,11,12). The van der Waals surface area contributed by atoms with Crippen LogP contribution in [0.4, 0.5) is 5.95 Å². The summed E-state index contributed by atoms with van der Waals surface area (Å²) in [5, 5.41) is 6.05. The highest BCUT2D eigenvalue weighted by Gasteiger charge is 2.22. The number of rotatable bonds is 4. The van der Waals surface area contributed by atoms with Crippen molar-refractivity contribution in [2.45, 2.75) is 20.8 Å². The highest BCUT2D eigenvalue weighted by atomic mass is 32.2. The topological polar surface area (TPSA) is 97.0 Å². The number of H-pyrrole nitrogens is 1. The lowest BCUT2D eigenvalue weighted by Crippen LogP contribution is -2.26. The van der Waals surface area contributed by atoms with Gasteiger partial charge in [-0.05, 0) is 5.41 Å². The van der Waals surface area contributed by atoms with Gasteiger partial charge < -0.3 is 4.74 Å². The van der Waals surface area contributed by atoms with Gasteiger partial charge in [-0.15, -0.1) is 5.10 Å². The fourth-order valence-electron chi connectivity index (χ4n) is 1.14. The zero-order valence-corrected chi connectivity index (χ0v) is 10.6. The van der Waals surface area contributed by atoms with Crippen LogP contribution in [0.5, 0.6) is 6.01 Å². The van der Waals surface area contributed by atoms with E-state index in [9.17, 15) is 8.42 Å². The molecule has 0 aromatic carbocycles. The summed E-state index contributed by atoms with van der Waals surface area (Å²) < 4.78 is 30.4. The summed E-state index contributed by atoms with van der Waals surface area (Å²) in [7, 11) is -2.03. The molecule has 0 aliphatic carbocycles. The van der Waals surface area contributed by atoms with Crippen LogP contribution < -0.4 is 9.46 Å². The monoisotopic (exact) mass is 248 g/mol. The van der Waals surface area contributed by atoms with E-state index >= 15 is 0 Å². The number of sulfonamides is 1. The van der Waals surface area contributed by atoms with Gasteiger partial charge in [-0.3, -0.25) is 4.72 Å². The van der Waals surface area contributed by atoms with Gasteiger partial charge in [-0.2, -0.15) is 4.98 Å². The maximum absolute atomic E-state index is 11.7. The number of hydrogen-bond acceptors (Lipinski definition) is 5. The van der Waals surface area contributed by atoms with Gasteiger partial charge in [0.25, 0.3) is 0 Å². The lowest BCUT2D eigenvalue weighted by Gasteiger charge is -2.17. The SMILES string of the molecule is COc1n[nH]c(NS(=O)(=O)CC(C)(C)C)n1. The second-order valence-corrected chi connectivity index (χ2v) is 6.31. The number of hydrogen-bond donors (Lipinski definition) is 2. The summed E-state index contributed by atoms with van der Waals surface area (Å²) >= 11 is 0. The zero-order chi connectivity index (χ0) is 12.4. The van der Waals surface area contributed by atoms with E-state index < -0.39 is 10.0 Å². The van der Waals surface area contributed by atoms with Gasteiger partial charge in [0, 0.05) is 0 Å². The van der Waals surface area contributed by atoms with Crippen molar-refractivity contribution in [2.75, 3.05) is 17.6 Å². The molecule has 0 saturated heterocycles. The predicted molar refractivity (Wildman–Crippen MR) is 59.8 cm³/mol. The molecule has 7 nitrogen and oxygen atoms in total. The summed E-state index contributed by atoms with van der Waals surface area (Å²) in [5.74, 6) is 0.0596. The first-order valence-electron chi connectivity index (χ1n) is 4.69. The Hall–Kier alpha value is -1.31. The molecule has 0 aliphatic heterocycles. The summed E-state index contributed by atoms with van der Waals surface area (Å²) in [5.41, 5.74) is -0.323. The quantitative estimate of drug-likeness (QED) is 0.813. The molecule has 0 aliphatic rings. The number of nitrogens with zero attached hydrogens (tertiary/aromatic N) is 2. The van der Waals surface area contributed by atoms with Crippen molar-refractivity contribution in [2.24, 2.45) is 5.41 Å². The number of aromatic amines is 1. The largest absolute Gasteiger partial charge is 0.466 e. The zero-order valence-electron chi connectivity index (χ0n) is 9.73. The smallest absolute Gasteiger partial charge is 0.336 e. The van der Waals surface area contributed by atoms with Gasteiger partial charge in [0.2, 0.25) is 16.0 Å². The lowest BCUT2D eigenvalue weighted by molar-refractivity contribution is 0.382. The van der Waals surface area contributed by atoms with E-state index in [2.05, 4.69) is 19.9 Å². The number of ether oxygens (including phenoxy) is 1. The summed E-state index contributed by atoms with van der Waals surface area (Å²) in [6, 6.07) is 0.0912. The average Bonchev–Trinajstić information content (AvgIpc) is 2.46. The predicted octanol–water partition coefficient (Wildman–Crippen LogP) is 0.601. The van der Waals surface area contributed by atoms with Crippen LogP contribution in [-0.2, 0) is 10.0 Å². The Morgan fingerprint density at radius 1 is 1.44 bits per heavy atom. The number of nitrogens with one attached hydrogen (secondary N) is 2. The first-order valence-corrected chi connectivity index (χ1v) is 6.34. The van der Waals surface area contributed by atoms with Crippen molar-refractivity contribution in [1.29, 1.82) is 0 Å². The summed E-state index contributed by atoms with van der Waals surface area (Å²) in [6.45, 7) is 5.52. The van der Waals surface area contributed by atoms with Gasteiger partial charge in [-0.1, -0.05) is 20.8 Å². The first kappa shape index (κ1) is 12.8. The van der Waals surface area contributed by atoms with E-state index in [1.807, 2.05) is 20.8 Å². The molecule has 1 rings (SSSR count). The third kappa shape index (κ3) is 4.05. The highest BCUT2D eigenvalue weighted by Crippen LogP contribution is 2.17. The van der Waals surface area contributed by atoms with Crippen LogP contribution in [0.1, 0.15) is 20.8 Å². The number of methoxy groups -OCH3 is 1. The molecule has 0 fully saturated rings. The molecule has 0 bridgehead atoms. The molecule has 2 N–H and O–H groups in total. The Kier molecular flexibility index (Phi) is 3.41. The van der Waals surface area contributed by atoms with Crippen molar-refractivity contribution >= 4 is 16.0 Å². The van der Waals surface area contributed by atoms with Crippen LogP contribution in [-0.4, -0.2) is 36.5 Å². The minimum Gasteiger partial charge on any atom is -0.466 e. The Morgan fingerprint density at radius 2 is 2.06 bits per heavy atom. The van der Waals surface area contributed by atoms with Crippen molar-refractivity contribution in [3.8, 4) is 6.01 Å². The summed E-state index contributed by atoms with van der Waals surface area (Å²) in [4.78, 5) is 3.76. The molecule has 92 valence electrons. The molecule has 16 heavy (non-hydrogen) atoms. The number of aromatic nitrogens is 3. The van der Waals surface area contributed by atoms with Gasteiger partial charge in [0.05, 0.1) is 12.9 Å². The van der Waals surface area contributed by atoms with Gasteiger partial charge in [-0.25, -0.2) is 13.5 Å². The normalized spacial score (nSPS) is 12.5. The van der Waals surface area contributed by atoms with E-state index in [0.717, 1.165) is 0 Å². The Balaban J connectivity index is 2.73. The Bertz CT molecular complexity index is 446. The Morgan fingerprint density at radius 3 is 2.50 bits per heavy atom. The Labute approximate surface area is 94.7 Å². The third-order valence-corrected chi connectivity index (χ3v) is 3.27. The van der Waals surface area contributed by atoms with Crippen LogP contribution >= 0.6 is 0 Å². The molecule has 0 amide bonds. The molecule has 1 aromatic heterocycles. The minimum atomic E-state index is -3.43. The van der Waals surface area contributed by atoms with Crippen molar-refractivity contribution in [1.82, 2.24) is 15.2 Å². The molecule has 0 unspecified atom stereocenters. The van der Waals surface area contributed by atoms with Gasteiger partial charge >= 0.3 is 6.01 Å². The molecule has 0 radical (unpaired) electrons. The maximum Gasteiger partial charge on any atom is 0.336 e.